The lowest BCUT2D eigenvalue weighted by molar-refractivity contribution is 0.0980. The Hall–Kier alpha value is -3.78. The first kappa shape index (κ1) is 22.4. The largest absolute Gasteiger partial charge is 0.744 e. The van der Waals surface area contributed by atoms with Gasteiger partial charge in [0.2, 0.25) is 0 Å². The SMILES string of the molecule is Nc1ccc(Nc2cc(S(=O)(=O)[O-])c(N)c3c2C(=O)c2ccccc2C3=O)c(S(=O)(=O)[O-])c1. The van der Waals surface area contributed by atoms with Gasteiger partial charge in [0.1, 0.15) is 20.2 Å². The van der Waals surface area contributed by atoms with Crippen LogP contribution in [0.25, 0.3) is 0 Å². The monoisotopic (exact) mass is 487 g/mol. The quantitative estimate of drug-likeness (QED) is 0.274. The fraction of sp³-hybridized carbons (Fsp3) is 0. The van der Waals surface area contributed by atoms with Gasteiger partial charge in [0.05, 0.1) is 38.0 Å². The zero-order valence-electron chi connectivity index (χ0n) is 16.4. The van der Waals surface area contributed by atoms with E-state index in [-0.39, 0.29) is 28.1 Å². The van der Waals surface area contributed by atoms with Crippen molar-refractivity contribution in [3.63, 3.8) is 0 Å². The highest BCUT2D eigenvalue weighted by atomic mass is 32.2. The second-order valence-corrected chi connectivity index (χ2v) is 9.77. The summed E-state index contributed by atoms with van der Waals surface area (Å²) in [6.45, 7) is 0. The van der Waals surface area contributed by atoms with Crippen molar-refractivity contribution < 1.29 is 35.5 Å². The van der Waals surface area contributed by atoms with Gasteiger partial charge in [0, 0.05) is 16.8 Å². The number of nitrogen functional groups attached to an aromatic ring is 2. The molecule has 11 nitrogen and oxygen atoms in total. The second-order valence-electron chi connectivity index (χ2n) is 7.08. The van der Waals surface area contributed by atoms with E-state index in [1.165, 1.54) is 30.3 Å². The molecule has 0 bridgehead atoms. The van der Waals surface area contributed by atoms with Gasteiger partial charge in [-0.3, -0.25) is 9.59 Å². The van der Waals surface area contributed by atoms with E-state index in [0.29, 0.717) is 6.07 Å². The van der Waals surface area contributed by atoms with Crippen LogP contribution in [-0.4, -0.2) is 37.5 Å². The van der Waals surface area contributed by atoms with E-state index < -0.39 is 58.5 Å². The Morgan fingerprint density at radius 3 is 1.79 bits per heavy atom. The van der Waals surface area contributed by atoms with Crippen molar-refractivity contribution in [3.8, 4) is 0 Å². The van der Waals surface area contributed by atoms with E-state index in [4.69, 9.17) is 11.5 Å². The Morgan fingerprint density at radius 1 is 0.697 bits per heavy atom. The summed E-state index contributed by atoms with van der Waals surface area (Å²) in [5.41, 5.74) is 8.88. The summed E-state index contributed by atoms with van der Waals surface area (Å²) in [7, 11) is -10.3. The van der Waals surface area contributed by atoms with Gasteiger partial charge in [0.15, 0.2) is 11.6 Å². The van der Waals surface area contributed by atoms with Crippen molar-refractivity contribution >= 4 is 54.6 Å². The van der Waals surface area contributed by atoms with Crippen LogP contribution in [0.4, 0.5) is 22.7 Å². The molecule has 3 aromatic carbocycles. The highest BCUT2D eigenvalue weighted by Gasteiger charge is 2.35. The number of nitrogens with one attached hydrogen (secondary N) is 1. The van der Waals surface area contributed by atoms with Gasteiger partial charge in [-0.25, -0.2) is 16.8 Å². The highest BCUT2D eigenvalue weighted by molar-refractivity contribution is 7.86. The van der Waals surface area contributed by atoms with Crippen LogP contribution in [0.5, 0.6) is 0 Å². The molecule has 0 amide bonds. The summed E-state index contributed by atoms with van der Waals surface area (Å²) >= 11 is 0. The topological polar surface area (TPSA) is 213 Å². The third-order valence-electron chi connectivity index (χ3n) is 5.01. The lowest BCUT2D eigenvalue weighted by Crippen LogP contribution is -2.25. The molecule has 1 aliphatic carbocycles. The third kappa shape index (κ3) is 3.72. The average Bonchev–Trinajstić information content (AvgIpc) is 2.72. The van der Waals surface area contributed by atoms with Gasteiger partial charge in [-0.05, 0) is 24.3 Å². The van der Waals surface area contributed by atoms with E-state index in [9.17, 15) is 35.5 Å². The fourth-order valence-corrected chi connectivity index (χ4v) is 4.90. The van der Waals surface area contributed by atoms with Crippen LogP contribution in [0.2, 0.25) is 0 Å². The van der Waals surface area contributed by atoms with Crippen LogP contribution in [0, 0.1) is 0 Å². The maximum absolute atomic E-state index is 13.2. The minimum atomic E-state index is -5.22. The van der Waals surface area contributed by atoms with Crippen LogP contribution in [0.3, 0.4) is 0 Å². The Kier molecular flexibility index (Phi) is 5.01. The van der Waals surface area contributed by atoms with Gasteiger partial charge in [-0.1, -0.05) is 24.3 Å². The molecule has 0 spiro atoms. The molecule has 0 fully saturated rings. The summed E-state index contributed by atoms with van der Waals surface area (Å²) in [6, 6.07) is 9.63. The van der Waals surface area contributed by atoms with Crippen molar-refractivity contribution in [2.75, 3.05) is 16.8 Å². The molecule has 3 aromatic rings. The number of fused-ring (bicyclic) bond motifs is 2. The molecule has 33 heavy (non-hydrogen) atoms. The zero-order chi connectivity index (χ0) is 24.3. The van der Waals surface area contributed by atoms with E-state index in [1.807, 2.05) is 0 Å². The number of carbonyl (C=O) groups is 2. The molecule has 0 radical (unpaired) electrons. The standard InChI is InChI=1S/C20H15N3O8S2/c21-9-5-6-12(14(7-9)32(26,27)28)23-13-8-15(33(29,30)31)18(22)17-16(13)19(24)10-3-1-2-4-11(10)20(17)25/h1-8,23H,21-22H2,(H,26,27,28)(H,29,30,31)/p-2. The molecule has 0 saturated heterocycles. The molecule has 0 atom stereocenters. The third-order valence-corrected chi connectivity index (χ3v) is 6.77. The number of nitrogens with two attached hydrogens (primary N) is 2. The molecule has 170 valence electrons. The van der Waals surface area contributed by atoms with Crippen molar-refractivity contribution in [2.24, 2.45) is 0 Å². The minimum absolute atomic E-state index is 0.0100. The summed E-state index contributed by atoms with van der Waals surface area (Å²) in [4.78, 5) is 24.6. The molecule has 0 unspecified atom stereocenters. The normalized spacial score (nSPS) is 13.4. The summed E-state index contributed by atoms with van der Waals surface area (Å²) in [5.74, 6) is -1.54. The number of carbonyl (C=O) groups excluding carboxylic acids is 2. The highest BCUT2D eigenvalue weighted by Crippen LogP contribution is 2.40. The first-order chi connectivity index (χ1) is 15.3. The van der Waals surface area contributed by atoms with Crippen LogP contribution in [0.15, 0.2) is 58.3 Å². The smallest absolute Gasteiger partial charge is 0.196 e. The molecule has 0 saturated carbocycles. The Balaban J connectivity index is 2.06. The van der Waals surface area contributed by atoms with Crippen molar-refractivity contribution in [1.29, 1.82) is 0 Å². The Labute approximate surface area is 187 Å². The molecule has 13 heteroatoms. The first-order valence-electron chi connectivity index (χ1n) is 9.04. The number of benzene rings is 3. The summed E-state index contributed by atoms with van der Waals surface area (Å²) in [5, 5.41) is 2.49. The number of hydrogen-bond acceptors (Lipinski definition) is 11. The van der Waals surface area contributed by atoms with E-state index >= 15 is 0 Å². The zero-order valence-corrected chi connectivity index (χ0v) is 18.0. The maximum atomic E-state index is 13.2. The second kappa shape index (κ2) is 7.38. The number of anilines is 4. The molecular weight excluding hydrogens is 474 g/mol. The van der Waals surface area contributed by atoms with E-state index in [0.717, 1.165) is 12.1 Å². The van der Waals surface area contributed by atoms with Gasteiger partial charge >= 0.3 is 0 Å². The predicted octanol–water partition coefficient (Wildman–Crippen LogP) is 1.18. The van der Waals surface area contributed by atoms with Crippen molar-refractivity contribution in [1.82, 2.24) is 0 Å². The van der Waals surface area contributed by atoms with Crippen LogP contribution in [0.1, 0.15) is 31.8 Å². The number of ketones is 2. The lowest BCUT2D eigenvalue weighted by Gasteiger charge is -2.25. The minimum Gasteiger partial charge on any atom is -0.744 e. The van der Waals surface area contributed by atoms with Gasteiger partial charge in [0.25, 0.3) is 0 Å². The summed E-state index contributed by atoms with van der Waals surface area (Å²) in [6.07, 6.45) is 0. The molecule has 0 aromatic heterocycles. The molecule has 5 N–H and O–H groups in total. The molecule has 0 heterocycles. The summed E-state index contributed by atoms with van der Waals surface area (Å²) < 4.78 is 70.6. The molecule has 4 rings (SSSR count). The van der Waals surface area contributed by atoms with Crippen LogP contribution in [-0.2, 0) is 20.2 Å². The van der Waals surface area contributed by atoms with Gasteiger partial charge in [-0.2, -0.15) is 0 Å². The van der Waals surface area contributed by atoms with Gasteiger partial charge in [-0.15, -0.1) is 0 Å². The number of hydrogen-bond donors (Lipinski definition) is 3. The molecule has 0 aliphatic heterocycles. The van der Waals surface area contributed by atoms with Crippen LogP contribution < -0.4 is 16.8 Å². The maximum Gasteiger partial charge on any atom is 0.196 e. The van der Waals surface area contributed by atoms with Gasteiger partial charge < -0.3 is 25.9 Å². The fourth-order valence-electron chi connectivity index (χ4n) is 3.59. The Bertz CT molecular complexity index is 1600. The van der Waals surface area contributed by atoms with Crippen LogP contribution >= 0.6 is 0 Å². The first-order valence-corrected chi connectivity index (χ1v) is 11.9. The predicted molar refractivity (Wildman–Crippen MR) is 114 cm³/mol. The van der Waals surface area contributed by atoms with Crippen molar-refractivity contribution in [3.05, 3.63) is 70.8 Å². The molecular formula is C20H13N3O8S2-2. The lowest BCUT2D eigenvalue weighted by atomic mass is 9.82. The van der Waals surface area contributed by atoms with Crippen molar-refractivity contribution in [2.45, 2.75) is 9.79 Å². The average molecular weight is 487 g/mol. The molecule has 1 aliphatic rings. The van der Waals surface area contributed by atoms with E-state index in [1.54, 1.807) is 0 Å². The Morgan fingerprint density at radius 2 is 1.24 bits per heavy atom. The van der Waals surface area contributed by atoms with E-state index in [2.05, 4.69) is 5.32 Å². The number of rotatable bonds is 4.